The fourth-order valence-electron chi connectivity index (χ4n) is 1.71. The number of hydrogen-bond acceptors (Lipinski definition) is 2. The summed E-state index contributed by atoms with van der Waals surface area (Å²) < 4.78 is 0. The maximum Gasteiger partial charge on any atom is 0.246 e. The molecule has 0 N–H and O–H groups in total. The Kier molecular flexibility index (Phi) is 7.03. The number of pyridine rings is 1. The van der Waals surface area contributed by atoms with Crippen molar-refractivity contribution in [3.8, 4) is 0 Å². The Balaban J connectivity index is 2.78. The monoisotopic (exact) mass is 314 g/mol. The molecule has 1 amide bonds. The fraction of sp³-hybridized carbons (Fsp3) is 0.467. The molecule has 5 heteroatoms. The van der Waals surface area contributed by atoms with Gasteiger partial charge in [0.05, 0.1) is 0 Å². The molecule has 0 aromatic carbocycles. The summed E-state index contributed by atoms with van der Waals surface area (Å²) in [6.45, 7) is 7.18. The van der Waals surface area contributed by atoms with Crippen LogP contribution in [-0.2, 0) is 11.3 Å². The summed E-state index contributed by atoms with van der Waals surface area (Å²) in [5.74, 6) is 0.349. The molecule has 1 rings (SSSR count). The molecule has 1 unspecified atom stereocenters. The van der Waals surface area contributed by atoms with Gasteiger partial charge in [0.25, 0.3) is 0 Å². The lowest BCUT2D eigenvalue weighted by molar-refractivity contribution is -0.127. The summed E-state index contributed by atoms with van der Waals surface area (Å²) in [6.07, 6.45) is 4.91. The molecule has 1 aromatic rings. The van der Waals surface area contributed by atoms with Gasteiger partial charge in [0.1, 0.15) is 5.15 Å². The SMILES string of the molecule is CC(Cl)C=CC(=O)N(Cc1ccc(Cl)nc1)CC(C)C. The highest BCUT2D eigenvalue weighted by Crippen LogP contribution is 2.11. The van der Waals surface area contributed by atoms with Gasteiger partial charge in [-0.3, -0.25) is 4.79 Å². The first-order valence-electron chi connectivity index (χ1n) is 6.60. The Bertz CT molecular complexity index is 455. The quantitative estimate of drug-likeness (QED) is 0.453. The summed E-state index contributed by atoms with van der Waals surface area (Å²) in [6, 6.07) is 3.61. The zero-order chi connectivity index (χ0) is 15.1. The van der Waals surface area contributed by atoms with E-state index in [0.29, 0.717) is 24.2 Å². The molecule has 0 spiro atoms. The summed E-state index contributed by atoms with van der Waals surface area (Å²) in [5, 5.41) is 0.295. The van der Waals surface area contributed by atoms with E-state index < -0.39 is 0 Å². The summed E-state index contributed by atoms with van der Waals surface area (Å²) >= 11 is 11.6. The number of hydrogen-bond donors (Lipinski definition) is 0. The zero-order valence-corrected chi connectivity index (χ0v) is 13.5. The predicted octanol–water partition coefficient (Wildman–Crippen LogP) is 3.90. The van der Waals surface area contributed by atoms with Gasteiger partial charge in [0, 0.05) is 30.7 Å². The Morgan fingerprint density at radius 3 is 2.60 bits per heavy atom. The predicted molar refractivity (Wildman–Crippen MR) is 84.0 cm³/mol. The molecule has 20 heavy (non-hydrogen) atoms. The van der Waals surface area contributed by atoms with Crippen molar-refractivity contribution in [2.24, 2.45) is 5.92 Å². The molecule has 0 aliphatic rings. The molecular formula is C15H20Cl2N2O. The van der Waals surface area contributed by atoms with Gasteiger partial charge < -0.3 is 4.90 Å². The van der Waals surface area contributed by atoms with E-state index >= 15 is 0 Å². The number of nitrogens with zero attached hydrogens (tertiary/aromatic N) is 2. The van der Waals surface area contributed by atoms with Crippen molar-refractivity contribution in [2.45, 2.75) is 32.7 Å². The van der Waals surface area contributed by atoms with Crippen LogP contribution in [0, 0.1) is 5.92 Å². The summed E-state index contributed by atoms with van der Waals surface area (Å²) in [7, 11) is 0. The average molecular weight is 315 g/mol. The molecule has 0 aliphatic carbocycles. The molecule has 0 radical (unpaired) electrons. The van der Waals surface area contributed by atoms with Crippen molar-refractivity contribution < 1.29 is 4.79 Å². The number of halogens is 2. The number of carbonyl (C=O) groups excluding carboxylic acids is 1. The number of amides is 1. The fourth-order valence-corrected chi connectivity index (χ4v) is 1.90. The van der Waals surface area contributed by atoms with Crippen molar-refractivity contribution in [1.29, 1.82) is 0 Å². The second kappa shape index (κ2) is 8.28. The first kappa shape index (κ1) is 17.0. The molecule has 0 saturated carbocycles. The molecular weight excluding hydrogens is 295 g/mol. The zero-order valence-electron chi connectivity index (χ0n) is 12.0. The first-order chi connectivity index (χ1) is 9.38. The lowest BCUT2D eigenvalue weighted by Crippen LogP contribution is -2.32. The van der Waals surface area contributed by atoms with Crippen LogP contribution < -0.4 is 0 Å². The molecule has 1 atom stereocenters. The lowest BCUT2D eigenvalue weighted by atomic mass is 10.2. The molecule has 1 aromatic heterocycles. The van der Waals surface area contributed by atoms with Crippen LogP contribution in [0.25, 0.3) is 0 Å². The standard InChI is InChI=1S/C15H20Cl2N2O/c1-11(2)9-19(15(20)7-4-12(3)16)10-13-5-6-14(17)18-8-13/h4-8,11-12H,9-10H2,1-3H3. The number of carbonyl (C=O) groups is 1. The maximum atomic E-state index is 12.2. The summed E-state index contributed by atoms with van der Waals surface area (Å²) in [5.41, 5.74) is 0.954. The third-order valence-electron chi connectivity index (χ3n) is 2.56. The van der Waals surface area contributed by atoms with Crippen LogP contribution in [0.5, 0.6) is 0 Å². The van der Waals surface area contributed by atoms with E-state index in [1.165, 1.54) is 6.08 Å². The third-order valence-corrected chi connectivity index (χ3v) is 2.93. The molecule has 1 heterocycles. The molecule has 0 fully saturated rings. The highest BCUT2D eigenvalue weighted by molar-refractivity contribution is 6.29. The Labute approximate surface area is 130 Å². The number of alkyl halides is 1. The van der Waals surface area contributed by atoms with Crippen molar-refractivity contribution in [3.05, 3.63) is 41.2 Å². The molecule has 0 bridgehead atoms. The van der Waals surface area contributed by atoms with Gasteiger partial charge in [-0.15, -0.1) is 11.6 Å². The second-order valence-electron chi connectivity index (χ2n) is 5.14. The minimum Gasteiger partial charge on any atom is -0.335 e. The number of rotatable bonds is 6. The van der Waals surface area contributed by atoms with Crippen LogP contribution in [-0.4, -0.2) is 27.7 Å². The Hall–Kier alpha value is -1.06. The van der Waals surface area contributed by atoms with Crippen LogP contribution >= 0.6 is 23.2 Å². The first-order valence-corrected chi connectivity index (χ1v) is 7.41. The van der Waals surface area contributed by atoms with Crippen LogP contribution in [0.2, 0.25) is 5.15 Å². The Morgan fingerprint density at radius 1 is 1.40 bits per heavy atom. The van der Waals surface area contributed by atoms with E-state index in [4.69, 9.17) is 23.2 Å². The van der Waals surface area contributed by atoms with Crippen LogP contribution in [0.4, 0.5) is 0 Å². The van der Waals surface area contributed by atoms with Gasteiger partial charge in [-0.05, 0) is 24.5 Å². The van der Waals surface area contributed by atoms with E-state index in [9.17, 15) is 4.79 Å². The van der Waals surface area contributed by atoms with Crippen molar-refractivity contribution in [3.63, 3.8) is 0 Å². The van der Waals surface area contributed by atoms with Gasteiger partial charge in [0.15, 0.2) is 0 Å². The van der Waals surface area contributed by atoms with Crippen molar-refractivity contribution in [2.75, 3.05) is 6.54 Å². The molecule has 110 valence electrons. The van der Waals surface area contributed by atoms with Crippen LogP contribution in [0.1, 0.15) is 26.3 Å². The lowest BCUT2D eigenvalue weighted by Gasteiger charge is -2.23. The van der Waals surface area contributed by atoms with Gasteiger partial charge in [-0.25, -0.2) is 4.98 Å². The molecule has 0 aliphatic heterocycles. The van der Waals surface area contributed by atoms with E-state index in [0.717, 1.165) is 5.56 Å². The third kappa shape index (κ3) is 6.40. The van der Waals surface area contributed by atoms with E-state index in [2.05, 4.69) is 18.8 Å². The molecule has 3 nitrogen and oxygen atoms in total. The smallest absolute Gasteiger partial charge is 0.246 e. The average Bonchev–Trinajstić information content (AvgIpc) is 2.37. The minimum absolute atomic E-state index is 0.0406. The largest absolute Gasteiger partial charge is 0.335 e. The number of allylic oxidation sites excluding steroid dienone is 1. The normalized spacial score (nSPS) is 12.9. The topological polar surface area (TPSA) is 33.2 Å². The summed E-state index contributed by atoms with van der Waals surface area (Å²) in [4.78, 5) is 18.0. The van der Waals surface area contributed by atoms with Gasteiger partial charge in [0.2, 0.25) is 5.91 Å². The van der Waals surface area contributed by atoms with E-state index in [1.54, 1.807) is 23.2 Å². The van der Waals surface area contributed by atoms with Crippen molar-refractivity contribution >= 4 is 29.1 Å². The number of aromatic nitrogens is 1. The van der Waals surface area contributed by atoms with Gasteiger partial charge in [-0.2, -0.15) is 0 Å². The Morgan fingerprint density at radius 2 is 2.10 bits per heavy atom. The minimum atomic E-state index is -0.156. The highest BCUT2D eigenvalue weighted by Gasteiger charge is 2.13. The van der Waals surface area contributed by atoms with Gasteiger partial charge in [-0.1, -0.05) is 37.6 Å². The highest BCUT2D eigenvalue weighted by atomic mass is 35.5. The van der Waals surface area contributed by atoms with Crippen LogP contribution in [0.3, 0.4) is 0 Å². The maximum absolute atomic E-state index is 12.2. The van der Waals surface area contributed by atoms with E-state index in [-0.39, 0.29) is 11.3 Å². The second-order valence-corrected chi connectivity index (χ2v) is 6.21. The van der Waals surface area contributed by atoms with Crippen molar-refractivity contribution in [1.82, 2.24) is 9.88 Å². The van der Waals surface area contributed by atoms with Crippen LogP contribution in [0.15, 0.2) is 30.5 Å². The van der Waals surface area contributed by atoms with Gasteiger partial charge >= 0.3 is 0 Å². The van der Waals surface area contributed by atoms with E-state index in [1.807, 2.05) is 13.0 Å². The molecule has 0 saturated heterocycles.